The number of aliphatic hydroxyl groups is 2. The Balaban J connectivity index is 2.35. The number of hydrogen-bond acceptors (Lipinski definition) is 5. The van der Waals surface area contributed by atoms with E-state index in [2.05, 4.69) is 9.98 Å². The number of nitrogens with one attached hydrogen (secondary N) is 1. The Morgan fingerprint density at radius 3 is 2.82 bits per heavy atom. The van der Waals surface area contributed by atoms with Crippen LogP contribution in [0.15, 0.2) is 34.8 Å². The van der Waals surface area contributed by atoms with Crippen LogP contribution in [0.4, 0.5) is 0 Å². The molecule has 114 valence electrons. The Labute approximate surface area is 126 Å². The van der Waals surface area contributed by atoms with E-state index in [0.717, 1.165) is 5.52 Å². The summed E-state index contributed by atoms with van der Waals surface area (Å²) in [7, 11) is 0. The number of aromatic hydroxyl groups is 1. The monoisotopic (exact) mass is 300 g/mol. The highest BCUT2D eigenvalue weighted by Crippen LogP contribution is 2.29. The van der Waals surface area contributed by atoms with E-state index in [1.165, 1.54) is 6.08 Å². The van der Waals surface area contributed by atoms with Crippen molar-refractivity contribution in [1.29, 1.82) is 5.26 Å². The molecule has 0 amide bonds. The van der Waals surface area contributed by atoms with Crippen LogP contribution in [-0.2, 0) is 0 Å². The Bertz CT molecular complexity index is 771. The van der Waals surface area contributed by atoms with E-state index < -0.39 is 12.7 Å². The molecule has 2 rings (SSSR count). The maximum absolute atomic E-state index is 10.1. The predicted octanol–water partition coefficient (Wildman–Crippen LogP) is 0.491. The summed E-state index contributed by atoms with van der Waals surface area (Å²) in [5, 5.41) is 37.9. The number of fused-ring (bicyclic) bond motifs is 1. The molecule has 0 saturated heterocycles. The molecular formula is C15H16N4O3. The minimum atomic E-state index is -1.03. The maximum atomic E-state index is 10.1. The molecule has 1 aromatic carbocycles. The Morgan fingerprint density at radius 2 is 2.18 bits per heavy atom. The summed E-state index contributed by atoms with van der Waals surface area (Å²) in [5.41, 5.74) is 6.82. The van der Waals surface area contributed by atoms with Crippen LogP contribution in [0.3, 0.4) is 0 Å². The van der Waals surface area contributed by atoms with Gasteiger partial charge in [0.05, 0.1) is 30.5 Å². The van der Waals surface area contributed by atoms with Crippen molar-refractivity contribution >= 4 is 22.8 Å². The van der Waals surface area contributed by atoms with Gasteiger partial charge in [-0.3, -0.25) is 4.99 Å². The lowest BCUT2D eigenvalue weighted by atomic mass is 10.2. The van der Waals surface area contributed by atoms with Crippen molar-refractivity contribution < 1.29 is 15.3 Å². The summed E-state index contributed by atoms with van der Waals surface area (Å²) in [4.78, 5) is 6.83. The van der Waals surface area contributed by atoms with Gasteiger partial charge in [0.1, 0.15) is 17.7 Å². The lowest BCUT2D eigenvalue weighted by Gasteiger charge is -2.03. The van der Waals surface area contributed by atoms with Crippen LogP contribution < -0.4 is 5.73 Å². The number of hydrogen-bond donors (Lipinski definition) is 5. The second kappa shape index (κ2) is 6.76. The molecule has 1 aromatic heterocycles. The average Bonchev–Trinajstić information content (AvgIpc) is 2.86. The molecule has 6 N–H and O–H groups in total. The minimum absolute atomic E-state index is 0.0199. The van der Waals surface area contributed by atoms with Crippen LogP contribution in [0.5, 0.6) is 5.75 Å². The lowest BCUT2D eigenvalue weighted by Crippen LogP contribution is -2.21. The first-order valence-electron chi connectivity index (χ1n) is 6.57. The topological polar surface area (TPSA) is 139 Å². The van der Waals surface area contributed by atoms with Gasteiger partial charge in [-0.05, 0) is 18.2 Å². The normalized spacial score (nSPS) is 14.0. The fourth-order valence-corrected chi connectivity index (χ4v) is 1.91. The highest BCUT2D eigenvalue weighted by atomic mass is 16.3. The first kappa shape index (κ1) is 15.6. The smallest absolute Gasteiger partial charge is 0.148 e. The largest absolute Gasteiger partial charge is 0.505 e. The van der Waals surface area contributed by atoms with Crippen LogP contribution in [0, 0.1) is 11.3 Å². The minimum Gasteiger partial charge on any atom is -0.505 e. The third-order valence-corrected chi connectivity index (χ3v) is 3.07. The molecule has 7 nitrogen and oxygen atoms in total. The van der Waals surface area contributed by atoms with Crippen LogP contribution in [0.1, 0.15) is 5.69 Å². The zero-order valence-corrected chi connectivity index (χ0v) is 11.7. The van der Waals surface area contributed by atoms with Crippen molar-refractivity contribution in [2.45, 2.75) is 6.10 Å². The lowest BCUT2D eigenvalue weighted by molar-refractivity contribution is 0.102. The molecule has 0 spiro atoms. The fourth-order valence-electron chi connectivity index (χ4n) is 1.91. The number of aromatic amines is 1. The SMILES string of the molecule is N#CC(=Cc1[nH]c2ccccc2c1O)C(N)=NCC(O)CO. The molecule has 0 aliphatic rings. The third-order valence-electron chi connectivity index (χ3n) is 3.07. The molecule has 0 fully saturated rings. The second-order valence-corrected chi connectivity index (χ2v) is 4.67. The molecule has 1 unspecified atom stereocenters. The zero-order chi connectivity index (χ0) is 16.1. The molecular weight excluding hydrogens is 284 g/mol. The van der Waals surface area contributed by atoms with Crippen molar-refractivity contribution in [2.75, 3.05) is 13.2 Å². The second-order valence-electron chi connectivity index (χ2n) is 4.67. The quantitative estimate of drug-likeness (QED) is 0.311. The van der Waals surface area contributed by atoms with Crippen molar-refractivity contribution in [1.82, 2.24) is 4.98 Å². The molecule has 0 aliphatic carbocycles. The van der Waals surface area contributed by atoms with E-state index in [0.29, 0.717) is 11.1 Å². The number of amidine groups is 1. The number of nitrogens with two attached hydrogens (primary N) is 1. The highest BCUT2D eigenvalue weighted by molar-refractivity contribution is 6.05. The Hall–Kier alpha value is -2.82. The maximum Gasteiger partial charge on any atom is 0.148 e. The van der Waals surface area contributed by atoms with Gasteiger partial charge in [-0.15, -0.1) is 0 Å². The molecule has 1 atom stereocenters. The number of rotatable bonds is 5. The van der Waals surface area contributed by atoms with E-state index >= 15 is 0 Å². The van der Waals surface area contributed by atoms with Crippen molar-refractivity contribution in [3.05, 3.63) is 35.5 Å². The number of nitriles is 1. The molecule has 1 heterocycles. The van der Waals surface area contributed by atoms with Crippen molar-refractivity contribution in [3.8, 4) is 11.8 Å². The predicted molar refractivity (Wildman–Crippen MR) is 83.1 cm³/mol. The van der Waals surface area contributed by atoms with Gasteiger partial charge in [0.2, 0.25) is 0 Å². The Kier molecular flexibility index (Phi) is 4.78. The third kappa shape index (κ3) is 3.25. The standard InChI is InChI=1S/C15H16N4O3/c16-6-9(15(17)18-7-10(21)8-20)5-13-14(22)11-3-1-2-4-12(11)19-13/h1-5,10,19-22H,7-8H2,(H2,17,18). The highest BCUT2D eigenvalue weighted by Gasteiger charge is 2.11. The number of aliphatic hydroxyl groups excluding tert-OH is 2. The summed E-state index contributed by atoms with van der Waals surface area (Å²) in [6, 6.07) is 9.06. The molecule has 22 heavy (non-hydrogen) atoms. The molecule has 0 radical (unpaired) electrons. The molecule has 0 saturated carbocycles. The van der Waals surface area contributed by atoms with E-state index in [9.17, 15) is 10.2 Å². The van der Waals surface area contributed by atoms with E-state index in [1.54, 1.807) is 18.2 Å². The van der Waals surface area contributed by atoms with E-state index in [-0.39, 0.29) is 23.7 Å². The van der Waals surface area contributed by atoms with Gasteiger partial charge in [0.25, 0.3) is 0 Å². The number of aromatic nitrogens is 1. The molecule has 0 bridgehead atoms. The van der Waals surface area contributed by atoms with Gasteiger partial charge in [0.15, 0.2) is 0 Å². The number of nitrogens with zero attached hydrogens (tertiary/aromatic N) is 2. The van der Waals surface area contributed by atoms with Crippen molar-refractivity contribution in [2.24, 2.45) is 10.7 Å². The summed E-state index contributed by atoms with van der Waals surface area (Å²) in [6.45, 7) is -0.550. The number of benzene rings is 1. The van der Waals surface area contributed by atoms with Crippen LogP contribution in [0.2, 0.25) is 0 Å². The summed E-state index contributed by atoms with van der Waals surface area (Å²) < 4.78 is 0. The van der Waals surface area contributed by atoms with Gasteiger partial charge < -0.3 is 26.0 Å². The molecule has 7 heteroatoms. The summed E-state index contributed by atoms with van der Waals surface area (Å²) in [6.07, 6.45) is 0.361. The van der Waals surface area contributed by atoms with Crippen LogP contribution in [0.25, 0.3) is 17.0 Å². The van der Waals surface area contributed by atoms with Crippen molar-refractivity contribution in [3.63, 3.8) is 0 Å². The van der Waals surface area contributed by atoms with Gasteiger partial charge >= 0.3 is 0 Å². The summed E-state index contributed by atoms with van der Waals surface area (Å²) in [5.74, 6) is -0.0559. The fraction of sp³-hybridized carbons (Fsp3) is 0.200. The van der Waals surface area contributed by atoms with Crippen LogP contribution in [-0.4, -0.2) is 45.4 Å². The van der Waals surface area contributed by atoms with Gasteiger partial charge in [-0.25, -0.2) is 0 Å². The number of H-pyrrole nitrogens is 1. The first-order chi connectivity index (χ1) is 10.6. The average molecular weight is 300 g/mol. The van der Waals surface area contributed by atoms with E-state index in [4.69, 9.17) is 16.1 Å². The Morgan fingerprint density at radius 1 is 1.45 bits per heavy atom. The summed E-state index contributed by atoms with van der Waals surface area (Å²) >= 11 is 0. The van der Waals surface area contributed by atoms with E-state index in [1.807, 2.05) is 12.1 Å². The first-order valence-corrected chi connectivity index (χ1v) is 6.57. The molecule has 2 aromatic rings. The molecule has 0 aliphatic heterocycles. The number of para-hydroxylation sites is 1. The van der Waals surface area contributed by atoms with Gasteiger partial charge in [0, 0.05) is 10.9 Å². The van der Waals surface area contributed by atoms with Gasteiger partial charge in [-0.2, -0.15) is 5.26 Å². The van der Waals surface area contributed by atoms with Crippen LogP contribution >= 0.6 is 0 Å². The van der Waals surface area contributed by atoms with Gasteiger partial charge in [-0.1, -0.05) is 12.1 Å². The number of aliphatic imine (C=N–C) groups is 1. The zero-order valence-electron chi connectivity index (χ0n) is 11.7.